The van der Waals surface area contributed by atoms with Gasteiger partial charge >= 0.3 is 6.08 Å². The van der Waals surface area contributed by atoms with Crippen molar-refractivity contribution in [2.45, 2.75) is 13.2 Å². The van der Waals surface area contributed by atoms with Gasteiger partial charge in [0.2, 0.25) is 0 Å². The molecular weight excluding hydrogens is 232 g/mol. The number of methoxy groups -OCH3 is 1. The number of rotatable bonds is 6. The molecule has 1 aromatic carbocycles. The van der Waals surface area contributed by atoms with Gasteiger partial charge in [-0.2, -0.15) is 4.98 Å². The summed E-state index contributed by atoms with van der Waals surface area (Å²) in [7, 11) is 3.51. The Kier molecular flexibility index (Phi) is 4.33. The van der Waals surface area contributed by atoms with Crippen LogP contribution in [0.25, 0.3) is 0 Å². The quantitative estimate of drug-likeness (QED) is 0.850. The molecule has 0 radical (unpaired) electrons. The molecular formula is C13H16N2O3. The molecule has 0 aliphatic rings. The van der Waals surface area contributed by atoms with Gasteiger partial charge in [0, 0.05) is 13.7 Å². The maximum Gasteiger partial charge on any atom is 0.399 e. The smallest absolute Gasteiger partial charge is 0.399 e. The van der Waals surface area contributed by atoms with E-state index in [-0.39, 0.29) is 6.08 Å². The van der Waals surface area contributed by atoms with Crippen LogP contribution in [0.1, 0.15) is 11.3 Å². The molecule has 96 valence electrons. The number of ether oxygens (including phenoxy) is 2. The van der Waals surface area contributed by atoms with Gasteiger partial charge < -0.3 is 19.2 Å². The van der Waals surface area contributed by atoms with Gasteiger partial charge in [-0.25, -0.2) is 0 Å². The second-order valence-electron chi connectivity index (χ2n) is 3.82. The largest absolute Gasteiger partial charge is 0.417 e. The van der Waals surface area contributed by atoms with Gasteiger partial charge in [0.25, 0.3) is 0 Å². The molecule has 0 bridgehead atoms. The van der Waals surface area contributed by atoms with E-state index in [0.29, 0.717) is 18.9 Å². The summed E-state index contributed by atoms with van der Waals surface area (Å²) in [5.41, 5.74) is 1.84. The number of benzene rings is 1. The third-order valence-corrected chi connectivity index (χ3v) is 2.30. The van der Waals surface area contributed by atoms with Crippen molar-refractivity contribution in [1.82, 2.24) is 10.3 Å². The van der Waals surface area contributed by atoms with Gasteiger partial charge in [-0.3, -0.25) is 0 Å². The Morgan fingerprint density at radius 3 is 3.06 bits per heavy atom. The molecule has 0 saturated carbocycles. The number of nitrogens with zero attached hydrogens (tertiary/aromatic N) is 1. The van der Waals surface area contributed by atoms with Gasteiger partial charge in [0.15, 0.2) is 0 Å². The highest BCUT2D eigenvalue weighted by molar-refractivity contribution is 5.29. The van der Waals surface area contributed by atoms with Crippen molar-refractivity contribution in [3.05, 3.63) is 41.8 Å². The molecule has 0 aliphatic heterocycles. The van der Waals surface area contributed by atoms with E-state index in [0.717, 1.165) is 11.3 Å². The molecule has 0 atom stereocenters. The lowest BCUT2D eigenvalue weighted by Crippen LogP contribution is -2.04. The summed E-state index contributed by atoms with van der Waals surface area (Å²) in [5, 5.41) is 2.99. The van der Waals surface area contributed by atoms with Gasteiger partial charge in [-0.1, -0.05) is 12.1 Å². The third-order valence-electron chi connectivity index (χ3n) is 2.30. The average Bonchev–Trinajstić information content (AvgIpc) is 2.78. The molecule has 0 aliphatic carbocycles. The number of oxazole rings is 1. The Hall–Kier alpha value is -1.85. The van der Waals surface area contributed by atoms with Crippen molar-refractivity contribution >= 4 is 0 Å². The predicted molar refractivity (Wildman–Crippen MR) is 66.5 cm³/mol. The Labute approximate surface area is 106 Å². The lowest BCUT2D eigenvalue weighted by molar-refractivity contribution is 0.184. The first-order chi connectivity index (χ1) is 8.81. The predicted octanol–water partition coefficient (Wildman–Crippen LogP) is 2.33. The molecule has 0 spiro atoms. The van der Waals surface area contributed by atoms with E-state index in [4.69, 9.17) is 13.9 Å². The summed E-state index contributed by atoms with van der Waals surface area (Å²) in [5.74, 6) is 0.683. The van der Waals surface area contributed by atoms with Gasteiger partial charge in [-0.15, -0.1) is 0 Å². The SMILES string of the molecule is CNCc1coc(Oc2cccc(COC)c2)n1. The first-order valence-electron chi connectivity index (χ1n) is 5.66. The molecule has 5 heteroatoms. The van der Waals surface area contributed by atoms with E-state index < -0.39 is 0 Å². The van der Waals surface area contributed by atoms with Crippen LogP contribution in [0.3, 0.4) is 0 Å². The van der Waals surface area contributed by atoms with E-state index in [1.165, 1.54) is 0 Å². The molecule has 2 rings (SSSR count). The van der Waals surface area contributed by atoms with Crippen LogP contribution in [-0.2, 0) is 17.9 Å². The summed E-state index contributed by atoms with van der Waals surface area (Å²) in [6.07, 6.45) is 1.82. The van der Waals surface area contributed by atoms with Gasteiger partial charge in [-0.05, 0) is 24.7 Å². The van der Waals surface area contributed by atoms with E-state index >= 15 is 0 Å². The highest BCUT2D eigenvalue weighted by Crippen LogP contribution is 2.21. The van der Waals surface area contributed by atoms with Crippen molar-refractivity contribution in [2.75, 3.05) is 14.2 Å². The topological polar surface area (TPSA) is 56.5 Å². The zero-order valence-corrected chi connectivity index (χ0v) is 10.5. The minimum atomic E-state index is 0.245. The van der Waals surface area contributed by atoms with E-state index in [2.05, 4.69) is 10.3 Å². The molecule has 1 N–H and O–H groups in total. The van der Waals surface area contributed by atoms with Crippen LogP contribution in [-0.4, -0.2) is 19.1 Å². The lowest BCUT2D eigenvalue weighted by Gasteiger charge is -2.03. The first-order valence-corrected chi connectivity index (χ1v) is 5.66. The molecule has 0 unspecified atom stereocenters. The second-order valence-corrected chi connectivity index (χ2v) is 3.82. The maximum absolute atomic E-state index is 5.53. The number of nitrogens with one attached hydrogen (secondary N) is 1. The minimum absolute atomic E-state index is 0.245. The zero-order chi connectivity index (χ0) is 12.8. The van der Waals surface area contributed by atoms with Crippen LogP contribution in [0.5, 0.6) is 11.8 Å². The van der Waals surface area contributed by atoms with Crippen LogP contribution in [0.15, 0.2) is 34.9 Å². The Bertz CT molecular complexity index is 496. The van der Waals surface area contributed by atoms with Crippen LogP contribution in [0.2, 0.25) is 0 Å². The van der Waals surface area contributed by atoms with Crippen LogP contribution >= 0.6 is 0 Å². The molecule has 0 saturated heterocycles. The monoisotopic (exact) mass is 248 g/mol. The summed E-state index contributed by atoms with van der Waals surface area (Å²) in [6.45, 7) is 1.20. The summed E-state index contributed by atoms with van der Waals surface area (Å²) < 4.78 is 15.8. The molecule has 0 fully saturated rings. The molecule has 5 nitrogen and oxygen atoms in total. The second kappa shape index (κ2) is 6.18. The van der Waals surface area contributed by atoms with E-state index in [1.54, 1.807) is 13.4 Å². The zero-order valence-electron chi connectivity index (χ0n) is 10.5. The minimum Gasteiger partial charge on any atom is -0.417 e. The first kappa shape index (κ1) is 12.6. The van der Waals surface area contributed by atoms with E-state index in [9.17, 15) is 0 Å². The van der Waals surface area contributed by atoms with Crippen molar-refractivity contribution in [1.29, 1.82) is 0 Å². The fourth-order valence-electron chi connectivity index (χ4n) is 1.56. The van der Waals surface area contributed by atoms with Gasteiger partial charge in [0.05, 0.1) is 12.3 Å². The fourth-order valence-corrected chi connectivity index (χ4v) is 1.56. The Morgan fingerprint density at radius 1 is 1.39 bits per heavy atom. The van der Waals surface area contributed by atoms with Gasteiger partial charge in [0.1, 0.15) is 12.0 Å². The molecule has 2 aromatic rings. The normalized spacial score (nSPS) is 10.6. The highest BCUT2D eigenvalue weighted by Gasteiger charge is 2.06. The average molecular weight is 248 g/mol. The van der Waals surface area contributed by atoms with Crippen molar-refractivity contribution in [3.63, 3.8) is 0 Å². The lowest BCUT2D eigenvalue weighted by atomic mass is 10.2. The summed E-state index contributed by atoms with van der Waals surface area (Å²) in [6, 6.07) is 7.62. The number of hydrogen-bond acceptors (Lipinski definition) is 5. The van der Waals surface area contributed by atoms with Crippen LogP contribution in [0, 0.1) is 0 Å². The van der Waals surface area contributed by atoms with Crippen LogP contribution < -0.4 is 10.1 Å². The summed E-state index contributed by atoms with van der Waals surface area (Å²) in [4.78, 5) is 4.19. The van der Waals surface area contributed by atoms with Crippen molar-refractivity contribution in [3.8, 4) is 11.8 Å². The highest BCUT2D eigenvalue weighted by atomic mass is 16.6. The maximum atomic E-state index is 5.53. The molecule has 1 heterocycles. The number of hydrogen-bond donors (Lipinski definition) is 1. The van der Waals surface area contributed by atoms with Crippen molar-refractivity contribution in [2.24, 2.45) is 0 Å². The Balaban J connectivity index is 2.05. The van der Waals surface area contributed by atoms with Crippen LogP contribution in [0.4, 0.5) is 0 Å². The number of aromatic nitrogens is 1. The third kappa shape index (κ3) is 3.32. The Morgan fingerprint density at radius 2 is 2.28 bits per heavy atom. The molecule has 18 heavy (non-hydrogen) atoms. The standard InChI is InChI=1S/C13H16N2O3/c1-14-7-11-9-17-13(15-11)18-12-5-3-4-10(6-12)8-16-2/h3-6,9,14H,7-8H2,1-2H3. The molecule has 1 aromatic heterocycles. The molecule has 0 amide bonds. The summed E-state index contributed by atoms with van der Waals surface area (Å²) >= 11 is 0. The van der Waals surface area contributed by atoms with E-state index in [1.807, 2.05) is 31.3 Å². The van der Waals surface area contributed by atoms with Crippen molar-refractivity contribution < 1.29 is 13.9 Å². The fraction of sp³-hybridized carbons (Fsp3) is 0.308.